The lowest BCUT2D eigenvalue weighted by molar-refractivity contribution is -0.122. The van der Waals surface area contributed by atoms with Crippen molar-refractivity contribution in [3.8, 4) is 17.6 Å². The largest absolute Gasteiger partial charge is 0.506 e. The van der Waals surface area contributed by atoms with E-state index in [-0.39, 0.29) is 17.0 Å². The number of hydrogen-bond donors (Lipinski definition) is 1. The summed E-state index contributed by atoms with van der Waals surface area (Å²) in [5.74, 6) is -0.598. The Morgan fingerprint density at radius 2 is 1.81 bits per heavy atom. The number of carbonyl (C=O) groups is 2. The van der Waals surface area contributed by atoms with Gasteiger partial charge in [0, 0.05) is 18.1 Å². The van der Waals surface area contributed by atoms with Gasteiger partial charge in [0.05, 0.1) is 37.1 Å². The van der Waals surface area contributed by atoms with Crippen molar-refractivity contribution in [3.05, 3.63) is 53.1 Å². The molecule has 2 aromatic rings. The average Bonchev–Trinajstić information content (AvgIpc) is 2.97. The average molecular weight is 364 g/mol. The number of methoxy groups -OCH3 is 2. The second-order valence-corrected chi connectivity index (χ2v) is 5.80. The first kappa shape index (κ1) is 18.0. The zero-order chi connectivity index (χ0) is 19.7. The number of aliphatic hydroxyl groups is 1. The van der Waals surface area contributed by atoms with Gasteiger partial charge in [-0.2, -0.15) is 5.26 Å². The zero-order valence-corrected chi connectivity index (χ0v) is 14.9. The Morgan fingerprint density at radius 3 is 2.41 bits per heavy atom. The fraction of sp³-hybridized carbons (Fsp3) is 0.150. The smallest absolute Gasteiger partial charge is 0.269 e. The van der Waals surface area contributed by atoms with Gasteiger partial charge in [0.2, 0.25) is 5.91 Å². The molecule has 7 nitrogen and oxygen atoms in total. The summed E-state index contributed by atoms with van der Waals surface area (Å²) in [6, 6.07) is 11.2. The molecule has 0 saturated carbocycles. The van der Waals surface area contributed by atoms with Gasteiger partial charge in [-0.25, -0.2) is 4.90 Å². The number of ether oxygens (including phenoxy) is 2. The third-order valence-electron chi connectivity index (χ3n) is 4.26. The topological polar surface area (TPSA) is 99.9 Å². The van der Waals surface area contributed by atoms with Crippen LogP contribution in [0.2, 0.25) is 0 Å². The van der Waals surface area contributed by atoms with Crippen LogP contribution in [0.5, 0.6) is 11.5 Å². The predicted molar refractivity (Wildman–Crippen MR) is 98.3 cm³/mol. The molecule has 0 aromatic heterocycles. The van der Waals surface area contributed by atoms with Gasteiger partial charge < -0.3 is 14.6 Å². The highest BCUT2D eigenvalue weighted by Crippen LogP contribution is 2.41. The first-order valence-electron chi connectivity index (χ1n) is 7.98. The Bertz CT molecular complexity index is 1030. The number of nitrogens with zero attached hydrogens (tertiary/aromatic N) is 2. The van der Waals surface area contributed by atoms with Gasteiger partial charge in [0.15, 0.2) is 11.5 Å². The van der Waals surface area contributed by atoms with Crippen LogP contribution in [0.4, 0.5) is 5.69 Å². The number of carbonyl (C=O) groups excluding carboxylic acids is 2. The number of hydrogen-bond acceptors (Lipinski definition) is 6. The van der Waals surface area contributed by atoms with Gasteiger partial charge in [-0.3, -0.25) is 9.59 Å². The van der Waals surface area contributed by atoms with Crippen molar-refractivity contribution in [1.82, 2.24) is 0 Å². The molecule has 0 atom stereocenters. The Morgan fingerprint density at radius 1 is 1.11 bits per heavy atom. The van der Waals surface area contributed by atoms with Crippen molar-refractivity contribution in [2.45, 2.75) is 6.92 Å². The van der Waals surface area contributed by atoms with E-state index >= 15 is 0 Å². The predicted octanol–water partition coefficient (Wildman–Crippen LogP) is 2.89. The number of amides is 2. The molecular weight excluding hydrogens is 348 g/mol. The van der Waals surface area contributed by atoms with E-state index in [0.29, 0.717) is 28.2 Å². The molecule has 136 valence electrons. The number of benzene rings is 2. The number of fused-ring (bicyclic) bond motifs is 1. The number of nitriles is 1. The third kappa shape index (κ3) is 2.87. The molecule has 2 amide bonds. The van der Waals surface area contributed by atoms with Crippen LogP contribution >= 0.6 is 0 Å². The quantitative estimate of drug-likeness (QED) is 0.664. The Labute approximate surface area is 155 Å². The van der Waals surface area contributed by atoms with Crippen LogP contribution < -0.4 is 14.4 Å². The Kier molecular flexibility index (Phi) is 4.57. The minimum Gasteiger partial charge on any atom is -0.506 e. The zero-order valence-electron chi connectivity index (χ0n) is 14.9. The molecule has 1 heterocycles. The van der Waals surface area contributed by atoms with E-state index in [4.69, 9.17) is 14.7 Å². The van der Waals surface area contributed by atoms with Crippen molar-refractivity contribution in [3.63, 3.8) is 0 Å². The Balaban J connectivity index is 2.23. The molecule has 0 saturated heterocycles. The van der Waals surface area contributed by atoms with Crippen LogP contribution in [-0.2, 0) is 9.59 Å². The van der Waals surface area contributed by atoms with Gasteiger partial charge >= 0.3 is 0 Å². The van der Waals surface area contributed by atoms with E-state index < -0.39 is 11.8 Å². The molecule has 1 aliphatic rings. The maximum absolute atomic E-state index is 12.8. The summed E-state index contributed by atoms with van der Waals surface area (Å²) < 4.78 is 10.4. The molecule has 1 N–H and O–H groups in total. The molecule has 0 aliphatic carbocycles. The molecule has 7 heteroatoms. The monoisotopic (exact) mass is 364 g/mol. The first-order valence-corrected chi connectivity index (χ1v) is 7.98. The Hall–Kier alpha value is -3.79. The summed E-state index contributed by atoms with van der Waals surface area (Å²) in [6.07, 6.45) is 0. The standard InChI is InChI=1S/C20H16N2O5/c1-11(23)22-15-8-12(10-21)4-6-14(15)18(20(22)25)19(24)13-5-7-16(26-2)17(9-13)27-3/h4-9,24H,1-3H3/b19-18+. The molecule has 1 aliphatic heterocycles. The van der Waals surface area contributed by atoms with Crippen LogP contribution in [0, 0.1) is 11.3 Å². The third-order valence-corrected chi connectivity index (χ3v) is 4.26. The molecule has 2 aromatic carbocycles. The summed E-state index contributed by atoms with van der Waals surface area (Å²) in [6.45, 7) is 1.25. The number of aliphatic hydroxyl groups excluding tert-OH is 1. The molecule has 0 bridgehead atoms. The molecule has 27 heavy (non-hydrogen) atoms. The molecule has 0 fully saturated rings. The van der Waals surface area contributed by atoms with E-state index in [0.717, 1.165) is 4.90 Å². The maximum Gasteiger partial charge on any atom is 0.269 e. The summed E-state index contributed by atoms with van der Waals surface area (Å²) in [5.41, 5.74) is 1.27. The van der Waals surface area contributed by atoms with Crippen LogP contribution in [0.15, 0.2) is 36.4 Å². The molecule has 0 unspecified atom stereocenters. The molecule has 3 rings (SSSR count). The SMILES string of the molecule is COc1ccc(/C(O)=C2\C(=O)N(C(C)=O)c3cc(C#N)ccc32)cc1OC. The van der Waals surface area contributed by atoms with Gasteiger partial charge in [-0.1, -0.05) is 6.07 Å². The van der Waals surface area contributed by atoms with Crippen LogP contribution in [0.3, 0.4) is 0 Å². The molecule has 0 spiro atoms. The number of anilines is 1. The van der Waals surface area contributed by atoms with Crippen molar-refractivity contribution in [1.29, 1.82) is 5.26 Å². The highest BCUT2D eigenvalue weighted by molar-refractivity contribution is 6.42. The van der Waals surface area contributed by atoms with Crippen LogP contribution in [0.25, 0.3) is 11.3 Å². The van der Waals surface area contributed by atoms with Crippen molar-refractivity contribution in [2.75, 3.05) is 19.1 Å². The summed E-state index contributed by atoms with van der Waals surface area (Å²) in [7, 11) is 2.95. The van der Waals surface area contributed by atoms with E-state index in [1.165, 1.54) is 39.3 Å². The highest BCUT2D eigenvalue weighted by Gasteiger charge is 2.38. The van der Waals surface area contributed by atoms with E-state index in [9.17, 15) is 14.7 Å². The lowest BCUT2D eigenvalue weighted by atomic mass is 10.0. The lowest BCUT2D eigenvalue weighted by Gasteiger charge is -2.12. The minimum absolute atomic E-state index is 0.0168. The van der Waals surface area contributed by atoms with Crippen molar-refractivity contribution in [2.24, 2.45) is 0 Å². The van der Waals surface area contributed by atoms with Crippen LogP contribution in [0.1, 0.15) is 23.6 Å². The maximum atomic E-state index is 12.8. The summed E-state index contributed by atoms with van der Waals surface area (Å²) in [5, 5.41) is 19.9. The van der Waals surface area contributed by atoms with Gasteiger partial charge in [0.1, 0.15) is 5.76 Å². The van der Waals surface area contributed by atoms with Gasteiger partial charge in [-0.15, -0.1) is 0 Å². The fourth-order valence-corrected chi connectivity index (χ4v) is 3.00. The highest BCUT2D eigenvalue weighted by atomic mass is 16.5. The van der Waals surface area contributed by atoms with Crippen molar-refractivity contribution >= 4 is 28.8 Å². The normalized spacial score (nSPS) is 14.4. The number of rotatable bonds is 3. The number of imide groups is 1. The molecule has 0 radical (unpaired) electrons. The minimum atomic E-state index is -0.653. The van der Waals surface area contributed by atoms with Crippen molar-refractivity contribution < 1.29 is 24.2 Å². The summed E-state index contributed by atoms with van der Waals surface area (Å²) >= 11 is 0. The second kappa shape index (κ2) is 6.84. The fourth-order valence-electron chi connectivity index (χ4n) is 3.00. The van der Waals surface area contributed by atoms with Gasteiger partial charge in [0.25, 0.3) is 5.91 Å². The van der Waals surface area contributed by atoms with Crippen LogP contribution in [-0.4, -0.2) is 31.1 Å². The lowest BCUT2D eigenvalue weighted by Crippen LogP contribution is -2.31. The van der Waals surface area contributed by atoms with Gasteiger partial charge in [-0.05, 0) is 30.3 Å². The summed E-state index contributed by atoms with van der Waals surface area (Å²) in [4.78, 5) is 25.8. The molecular formula is C20H16N2O5. The van der Waals surface area contributed by atoms with E-state index in [1.807, 2.05) is 6.07 Å². The van der Waals surface area contributed by atoms with E-state index in [1.54, 1.807) is 18.2 Å². The van der Waals surface area contributed by atoms with E-state index in [2.05, 4.69) is 0 Å². The first-order chi connectivity index (χ1) is 12.9. The second-order valence-electron chi connectivity index (χ2n) is 5.80.